The van der Waals surface area contributed by atoms with Crippen LogP contribution in [0.3, 0.4) is 0 Å². The van der Waals surface area contributed by atoms with Gasteiger partial charge in [-0.15, -0.1) is 0 Å². The number of rotatable bonds is 3. The summed E-state index contributed by atoms with van der Waals surface area (Å²) in [5.74, 6) is 0.0413. The van der Waals surface area contributed by atoms with Crippen molar-refractivity contribution >= 4 is 22.7 Å². The molecule has 2 unspecified atom stereocenters. The van der Waals surface area contributed by atoms with Gasteiger partial charge in [0, 0.05) is 25.0 Å². The van der Waals surface area contributed by atoms with Crippen LogP contribution in [-0.2, 0) is 0 Å². The van der Waals surface area contributed by atoms with Crippen LogP contribution < -0.4 is 0 Å². The maximum absolute atomic E-state index is 12.3. The summed E-state index contributed by atoms with van der Waals surface area (Å²) in [6.07, 6.45) is 6.18. The zero-order valence-corrected chi connectivity index (χ0v) is 12.4. The molecule has 3 heterocycles. The molecule has 21 heavy (non-hydrogen) atoms. The number of carbonyl (C=O) groups is 1. The molecule has 2 atom stereocenters. The fourth-order valence-corrected chi connectivity index (χ4v) is 3.36. The Morgan fingerprint density at radius 3 is 2.90 bits per heavy atom. The van der Waals surface area contributed by atoms with Gasteiger partial charge in [0.1, 0.15) is 10.4 Å². The first-order chi connectivity index (χ1) is 10.2. The molecule has 7 heteroatoms. The van der Waals surface area contributed by atoms with Gasteiger partial charge in [-0.1, -0.05) is 11.8 Å². The third-order valence-corrected chi connectivity index (χ3v) is 4.74. The van der Waals surface area contributed by atoms with E-state index in [1.807, 2.05) is 19.1 Å². The molecule has 0 fully saturated rings. The maximum atomic E-state index is 12.3. The van der Waals surface area contributed by atoms with Crippen molar-refractivity contribution in [3.05, 3.63) is 48.4 Å². The second-order valence-corrected chi connectivity index (χ2v) is 5.81. The molecule has 0 aliphatic carbocycles. The van der Waals surface area contributed by atoms with Crippen molar-refractivity contribution in [2.75, 3.05) is 7.05 Å². The Kier molecular flexibility index (Phi) is 3.74. The number of likely N-dealkylation sites (N-methyl/N-ethyl adjacent to an activating group) is 1. The van der Waals surface area contributed by atoms with Crippen LogP contribution in [0.25, 0.3) is 0 Å². The van der Waals surface area contributed by atoms with E-state index in [4.69, 9.17) is 4.42 Å². The van der Waals surface area contributed by atoms with Crippen molar-refractivity contribution in [3.63, 3.8) is 0 Å². The fraction of sp³-hybridized carbons (Fsp3) is 0.286. The second-order valence-electron chi connectivity index (χ2n) is 4.71. The van der Waals surface area contributed by atoms with E-state index in [1.54, 1.807) is 36.1 Å². The lowest BCUT2D eigenvalue weighted by Gasteiger charge is -2.25. The molecule has 1 aliphatic rings. The molecule has 3 rings (SSSR count). The number of oxazole rings is 1. The van der Waals surface area contributed by atoms with E-state index >= 15 is 0 Å². The number of aromatic nitrogens is 2. The molecule has 0 saturated heterocycles. The van der Waals surface area contributed by atoms with Crippen molar-refractivity contribution in [3.8, 4) is 0 Å². The van der Waals surface area contributed by atoms with Crippen LogP contribution in [0.2, 0.25) is 0 Å². The molecule has 2 aromatic heterocycles. The smallest absolute Gasteiger partial charge is 0.291 e. The second kappa shape index (κ2) is 5.69. The zero-order valence-electron chi connectivity index (χ0n) is 11.6. The van der Waals surface area contributed by atoms with Crippen LogP contribution in [-0.4, -0.2) is 44.3 Å². The number of amides is 1. The summed E-state index contributed by atoms with van der Waals surface area (Å²) >= 11 is 1.56. The number of pyridine rings is 1. The first-order valence-corrected chi connectivity index (χ1v) is 7.35. The van der Waals surface area contributed by atoms with E-state index in [2.05, 4.69) is 15.0 Å². The molecule has 0 saturated carbocycles. The van der Waals surface area contributed by atoms with E-state index in [0.29, 0.717) is 0 Å². The predicted octanol–water partition coefficient (Wildman–Crippen LogP) is 2.05. The molecule has 0 bridgehead atoms. The Hall–Kier alpha value is -2.15. The summed E-state index contributed by atoms with van der Waals surface area (Å²) in [6, 6.07) is 3.84. The van der Waals surface area contributed by atoms with Crippen molar-refractivity contribution in [2.24, 2.45) is 4.99 Å². The van der Waals surface area contributed by atoms with Crippen LogP contribution >= 0.6 is 11.8 Å². The van der Waals surface area contributed by atoms with Crippen molar-refractivity contribution in [2.45, 2.75) is 18.3 Å². The summed E-state index contributed by atoms with van der Waals surface area (Å²) < 4.78 is 5.06. The summed E-state index contributed by atoms with van der Waals surface area (Å²) in [5, 5.41) is 0.829. The average Bonchev–Trinajstić information content (AvgIpc) is 3.16. The topological polar surface area (TPSA) is 71.6 Å². The molecule has 1 aliphatic heterocycles. The van der Waals surface area contributed by atoms with Crippen molar-refractivity contribution in [1.82, 2.24) is 14.9 Å². The molecule has 6 nitrogen and oxygen atoms in total. The number of hydrogen-bond donors (Lipinski definition) is 0. The minimum atomic E-state index is -0.195. The molecule has 0 N–H and O–H groups in total. The van der Waals surface area contributed by atoms with E-state index < -0.39 is 0 Å². The van der Waals surface area contributed by atoms with Gasteiger partial charge < -0.3 is 9.32 Å². The summed E-state index contributed by atoms with van der Waals surface area (Å²) in [4.78, 5) is 26.4. The highest BCUT2D eigenvalue weighted by Crippen LogP contribution is 2.32. The van der Waals surface area contributed by atoms with Crippen LogP contribution in [0, 0.1) is 0 Å². The highest BCUT2D eigenvalue weighted by Gasteiger charge is 2.34. The third kappa shape index (κ3) is 2.69. The first kappa shape index (κ1) is 13.8. The van der Waals surface area contributed by atoms with Gasteiger partial charge in [0.15, 0.2) is 6.39 Å². The van der Waals surface area contributed by atoms with Gasteiger partial charge in [0.25, 0.3) is 5.91 Å². The van der Waals surface area contributed by atoms with Crippen LogP contribution in [0.5, 0.6) is 0 Å². The van der Waals surface area contributed by atoms with Crippen molar-refractivity contribution < 1.29 is 9.21 Å². The highest BCUT2D eigenvalue weighted by molar-refractivity contribution is 8.15. The normalized spacial score (nSPS) is 21.1. The largest absolute Gasteiger partial charge is 0.438 e. The Morgan fingerprint density at radius 2 is 2.24 bits per heavy atom. The van der Waals surface area contributed by atoms with Gasteiger partial charge in [-0.25, -0.2) is 4.98 Å². The Bertz CT molecular complexity index is 657. The Balaban J connectivity index is 1.75. The minimum absolute atomic E-state index is 0.00192. The summed E-state index contributed by atoms with van der Waals surface area (Å²) in [7, 11) is 1.75. The van der Waals surface area contributed by atoms with Crippen molar-refractivity contribution in [1.29, 1.82) is 0 Å². The SMILES string of the molecule is CC1N=C(c2cccnc2)SC1N(C)C(=O)c1cnco1. The summed E-state index contributed by atoms with van der Waals surface area (Å²) in [6.45, 7) is 1.99. The number of hydrogen-bond acceptors (Lipinski definition) is 6. The lowest BCUT2D eigenvalue weighted by atomic mass is 10.3. The Morgan fingerprint density at radius 1 is 1.38 bits per heavy atom. The van der Waals surface area contributed by atoms with Gasteiger partial charge in [-0.05, 0) is 19.1 Å². The van der Waals surface area contributed by atoms with Crippen LogP contribution in [0.4, 0.5) is 0 Å². The maximum Gasteiger partial charge on any atom is 0.291 e. The van der Waals surface area contributed by atoms with E-state index in [0.717, 1.165) is 10.6 Å². The van der Waals surface area contributed by atoms with E-state index in [-0.39, 0.29) is 23.1 Å². The molecular weight excluding hydrogens is 288 g/mol. The number of nitrogens with zero attached hydrogens (tertiary/aromatic N) is 4. The number of thioether (sulfide) groups is 1. The molecule has 0 spiro atoms. The Labute approximate surface area is 126 Å². The van der Waals surface area contributed by atoms with Crippen LogP contribution in [0.1, 0.15) is 23.0 Å². The summed E-state index contributed by atoms with van der Waals surface area (Å²) in [5.41, 5.74) is 0.970. The molecule has 0 radical (unpaired) electrons. The first-order valence-electron chi connectivity index (χ1n) is 6.47. The van der Waals surface area contributed by atoms with Crippen LogP contribution in [0.15, 0.2) is 46.5 Å². The lowest BCUT2D eigenvalue weighted by molar-refractivity contribution is 0.0741. The average molecular weight is 302 g/mol. The van der Waals surface area contributed by atoms with Gasteiger partial charge in [-0.2, -0.15) is 0 Å². The quantitative estimate of drug-likeness (QED) is 0.867. The molecule has 0 aromatic carbocycles. The third-order valence-electron chi connectivity index (χ3n) is 3.22. The van der Waals surface area contributed by atoms with Gasteiger partial charge >= 0.3 is 0 Å². The van der Waals surface area contributed by atoms with E-state index in [1.165, 1.54) is 12.6 Å². The standard InChI is InChI=1S/C14H14N4O2S/c1-9-14(18(2)13(19)11-7-16-8-20-11)21-12(17-9)10-4-3-5-15-6-10/h3-9,14H,1-2H3. The lowest BCUT2D eigenvalue weighted by Crippen LogP contribution is -2.39. The highest BCUT2D eigenvalue weighted by atomic mass is 32.2. The molecular formula is C14H14N4O2S. The van der Waals surface area contributed by atoms with Gasteiger partial charge in [0.2, 0.25) is 5.76 Å². The van der Waals surface area contributed by atoms with Gasteiger partial charge in [0.05, 0.1) is 12.2 Å². The molecule has 1 amide bonds. The monoisotopic (exact) mass is 302 g/mol. The minimum Gasteiger partial charge on any atom is -0.438 e. The fourth-order valence-electron chi connectivity index (χ4n) is 2.14. The number of aliphatic imine (C=N–C) groups is 1. The zero-order chi connectivity index (χ0) is 14.8. The molecule has 108 valence electrons. The predicted molar refractivity (Wildman–Crippen MR) is 80.2 cm³/mol. The van der Waals surface area contributed by atoms with E-state index in [9.17, 15) is 4.79 Å². The molecule has 2 aromatic rings. The van der Waals surface area contributed by atoms with Gasteiger partial charge in [-0.3, -0.25) is 14.8 Å². The number of carbonyl (C=O) groups excluding carboxylic acids is 1.